The fourth-order valence-corrected chi connectivity index (χ4v) is 2.27. The number of hydrogen-bond donors (Lipinski definition) is 1. The molecule has 0 aliphatic carbocycles. The predicted octanol–water partition coefficient (Wildman–Crippen LogP) is 3.60. The highest BCUT2D eigenvalue weighted by Crippen LogP contribution is 2.21. The van der Waals surface area contributed by atoms with Crippen molar-refractivity contribution in [2.45, 2.75) is 19.4 Å². The molecule has 0 saturated carbocycles. The Kier molecular flexibility index (Phi) is 8.88. The summed E-state index contributed by atoms with van der Waals surface area (Å²) in [6, 6.07) is 11.5. The number of halogens is 1. The van der Waals surface area contributed by atoms with Gasteiger partial charge in [-0.1, -0.05) is 12.1 Å². The third-order valence-electron chi connectivity index (χ3n) is 3.76. The van der Waals surface area contributed by atoms with Crippen molar-refractivity contribution >= 4 is 18.5 Å². The molecule has 0 aliphatic heterocycles. The Balaban J connectivity index is 0.00000338. The molecule has 1 amide bonds. The molecule has 1 atom stereocenters. The summed E-state index contributed by atoms with van der Waals surface area (Å²) in [6.45, 7) is 2.52. The van der Waals surface area contributed by atoms with E-state index in [2.05, 4.69) is 10.3 Å². The number of aromatic nitrogens is 1. The molecule has 0 aliphatic rings. The molecule has 7 heteroatoms. The van der Waals surface area contributed by atoms with E-state index in [4.69, 9.17) is 9.47 Å². The van der Waals surface area contributed by atoms with Gasteiger partial charge in [-0.15, -0.1) is 12.4 Å². The van der Waals surface area contributed by atoms with Crippen LogP contribution in [0.2, 0.25) is 0 Å². The zero-order valence-corrected chi connectivity index (χ0v) is 16.4. The van der Waals surface area contributed by atoms with Crippen LogP contribution in [0.5, 0.6) is 11.5 Å². The summed E-state index contributed by atoms with van der Waals surface area (Å²) in [7, 11) is 5.21. The fraction of sp³-hybridized carbons (Fsp3) is 0.368. The van der Waals surface area contributed by atoms with Crippen molar-refractivity contribution in [2.75, 3.05) is 27.7 Å². The molecule has 26 heavy (non-hydrogen) atoms. The van der Waals surface area contributed by atoms with E-state index >= 15 is 0 Å². The van der Waals surface area contributed by atoms with Gasteiger partial charge in [0, 0.05) is 32.3 Å². The molecule has 1 N–H and O–H groups in total. The molecule has 6 nitrogen and oxygen atoms in total. The number of nitrogens with zero attached hydrogens (tertiary/aromatic N) is 2. The number of nitrogens with one attached hydrogen (secondary N) is 1. The number of amides is 1. The van der Waals surface area contributed by atoms with Crippen LogP contribution < -0.4 is 14.8 Å². The van der Waals surface area contributed by atoms with Crippen molar-refractivity contribution in [3.05, 3.63) is 53.9 Å². The highest BCUT2D eigenvalue weighted by molar-refractivity contribution is 5.85. The summed E-state index contributed by atoms with van der Waals surface area (Å²) in [5, 5.41) is 3.28. The van der Waals surface area contributed by atoms with Gasteiger partial charge in [-0.05, 0) is 43.8 Å². The topological polar surface area (TPSA) is 63.7 Å². The average Bonchev–Trinajstić information content (AvgIpc) is 2.61. The Bertz CT molecular complexity index is 675. The molecule has 1 heterocycles. The first-order valence-corrected chi connectivity index (χ1v) is 8.21. The molecule has 0 bridgehead atoms. The number of pyridine rings is 1. The van der Waals surface area contributed by atoms with Gasteiger partial charge in [-0.25, -0.2) is 4.79 Å². The minimum atomic E-state index is -0.391. The van der Waals surface area contributed by atoms with Crippen molar-refractivity contribution in [2.24, 2.45) is 0 Å². The predicted molar refractivity (Wildman–Crippen MR) is 104 cm³/mol. The van der Waals surface area contributed by atoms with Crippen LogP contribution >= 0.6 is 12.4 Å². The van der Waals surface area contributed by atoms with Gasteiger partial charge in [0.1, 0.15) is 11.5 Å². The lowest BCUT2D eigenvalue weighted by atomic mass is 10.0. The molecule has 2 aromatic rings. The maximum absolute atomic E-state index is 11.6. The van der Waals surface area contributed by atoms with Crippen LogP contribution in [0, 0.1) is 6.92 Å². The van der Waals surface area contributed by atoms with Gasteiger partial charge < -0.3 is 19.7 Å². The van der Waals surface area contributed by atoms with Gasteiger partial charge in [0.25, 0.3) is 0 Å². The van der Waals surface area contributed by atoms with Crippen molar-refractivity contribution in [3.63, 3.8) is 0 Å². The summed E-state index contributed by atoms with van der Waals surface area (Å²) >= 11 is 0. The number of benzene rings is 1. The van der Waals surface area contributed by atoms with Crippen LogP contribution in [0.3, 0.4) is 0 Å². The molecular formula is C19H26ClN3O3. The molecular weight excluding hydrogens is 354 g/mol. The second-order valence-corrected chi connectivity index (χ2v) is 5.95. The average molecular weight is 380 g/mol. The standard InChI is InChI=1S/C19H25N3O3.ClH/c1-14-5-8-17(13-21-14)24-12-11-18(20-2)15-6-9-16(10-7-15)25-19(23)22(3)4;/h5-10,13,18,20H,11-12H2,1-4H3;1H. The molecule has 0 radical (unpaired) electrons. The third kappa shape index (κ3) is 6.54. The van der Waals surface area contributed by atoms with E-state index in [0.717, 1.165) is 23.4 Å². The molecule has 0 spiro atoms. The van der Waals surface area contributed by atoms with Gasteiger partial charge in [0.2, 0.25) is 0 Å². The minimum Gasteiger partial charge on any atom is -0.492 e. The van der Waals surface area contributed by atoms with Crippen LogP contribution in [0.15, 0.2) is 42.6 Å². The second-order valence-electron chi connectivity index (χ2n) is 5.95. The zero-order chi connectivity index (χ0) is 18.2. The normalized spacial score (nSPS) is 11.2. The van der Waals surface area contributed by atoms with E-state index in [1.165, 1.54) is 4.90 Å². The number of carbonyl (C=O) groups excluding carboxylic acids is 1. The van der Waals surface area contributed by atoms with Crippen LogP contribution in [-0.2, 0) is 0 Å². The molecule has 1 aromatic carbocycles. The molecule has 1 unspecified atom stereocenters. The summed E-state index contributed by atoms with van der Waals surface area (Å²) < 4.78 is 11.0. The highest BCUT2D eigenvalue weighted by Gasteiger charge is 2.11. The first-order valence-electron chi connectivity index (χ1n) is 8.21. The quantitative estimate of drug-likeness (QED) is 0.796. The Morgan fingerprint density at radius 2 is 1.81 bits per heavy atom. The minimum absolute atomic E-state index is 0. The largest absolute Gasteiger partial charge is 0.492 e. The molecule has 0 saturated heterocycles. The Hall–Kier alpha value is -2.31. The number of aryl methyl sites for hydroxylation is 1. The van der Waals surface area contributed by atoms with E-state index in [1.54, 1.807) is 32.4 Å². The van der Waals surface area contributed by atoms with Crippen LogP contribution in [0.4, 0.5) is 4.79 Å². The third-order valence-corrected chi connectivity index (χ3v) is 3.76. The van der Waals surface area contributed by atoms with E-state index < -0.39 is 6.09 Å². The van der Waals surface area contributed by atoms with Gasteiger partial charge in [0.05, 0.1) is 12.8 Å². The second kappa shape index (κ2) is 10.6. The Morgan fingerprint density at radius 3 is 2.35 bits per heavy atom. The number of carbonyl (C=O) groups is 1. The number of hydrogen-bond acceptors (Lipinski definition) is 5. The molecule has 0 fully saturated rings. The van der Waals surface area contributed by atoms with Gasteiger partial charge in [-0.3, -0.25) is 4.98 Å². The first kappa shape index (κ1) is 21.7. The summed E-state index contributed by atoms with van der Waals surface area (Å²) in [5.74, 6) is 1.30. The van der Waals surface area contributed by atoms with Gasteiger partial charge >= 0.3 is 6.09 Å². The maximum atomic E-state index is 11.6. The lowest BCUT2D eigenvalue weighted by Gasteiger charge is -2.18. The maximum Gasteiger partial charge on any atom is 0.414 e. The van der Waals surface area contributed by atoms with Crippen LogP contribution in [-0.4, -0.2) is 43.7 Å². The van der Waals surface area contributed by atoms with E-state index in [0.29, 0.717) is 12.4 Å². The number of rotatable bonds is 7. The first-order chi connectivity index (χ1) is 12.0. The summed E-state index contributed by atoms with van der Waals surface area (Å²) in [6.07, 6.45) is 2.15. The van der Waals surface area contributed by atoms with E-state index in [-0.39, 0.29) is 18.4 Å². The lowest BCUT2D eigenvalue weighted by Crippen LogP contribution is -2.25. The van der Waals surface area contributed by atoms with Crippen molar-refractivity contribution in [1.82, 2.24) is 15.2 Å². The monoisotopic (exact) mass is 379 g/mol. The Morgan fingerprint density at radius 1 is 1.15 bits per heavy atom. The SMILES string of the molecule is CNC(CCOc1ccc(C)nc1)c1ccc(OC(=O)N(C)C)cc1.Cl. The Labute approximate surface area is 160 Å². The fourth-order valence-electron chi connectivity index (χ4n) is 2.27. The van der Waals surface area contributed by atoms with Crippen LogP contribution in [0.25, 0.3) is 0 Å². The van der Waals surface area contributed by atoms with E-state index in [9.17, 15) is 4.79 Å². The van der Waals surface area contributed by atoms with Gasteiger partial charge in [-0.2, -0.15) is 0 Å². The van der Waals surface area contributed by atoms with E-state index in [1.807, 2.05) is 38.2 Å². The molecule has 2 rings (SSSR count). The van der Waals surface area contributed by atoms with Crippen molar-refractivity contribution in [1.29, 1.82) is 0 Å². The van der Waals surface area contributed by atoms with Gasteiger partial charge in [0.15, 0.2) is 0 Å². The van der Waals surface area contributed by atoms with Crippen molar-refractivity contribution in [3.8, 4) is 11.5 Å². The zero-order valence-electron chi connectivity index (χ0n) is 15.6. The highest BCUT2D eigenvalue weighted by atomic mass is 35.5. The number of ether oxygens (including phenoxy) is 2. The molecule has 1 aromatic heterocycles. The smallest absolute Gasteiger partial charge is 0.414 e. The summed E-state index contributed by atoms with van der Waals surface area (Å²) in [4.78, 5) is 17.2. The molecule has 142 valence electrons. The van der Waals surface area contributed by atoms with Crippen LogP contribution in [0.1, 0.15) is 23.7 Å². The summed E-state index contributed by atoms with van der Waals surface area (Å²) in [5.41, 5.74) is 2.08. The lowest BCUT2D eigenvalue weighted by molar-refractivity contribution is 0.172. The van der Waals surface area contributed by atoms with Crippen molar-refractivity contribution < 1.29 is 14.3 Å².